The van der Waals surface area contributed by atoms with Gasteiger partial charge in [0.1, 0.15) is 10.6 Å². The largest absolute Gasteiger partial charge is 0.497 e. The molecule has 0 fully saturated rings. The first-order valence-corrected chi connectivity index (χ1v) is 6.87. The van der Waals surface area contributed by atoms with Crippen LogP contribution in [0.1, 0.15) is 0 Å². The maximum atomic E-state index is 12.2. The Morgan fingerprint density at radius 2 is 2.11 bits per heavy atom. The Morgan fingerprint density at radius 3 is 2.58 bits per heavy atom. The number of anilines is 1. The Hall–Kier alpha value is -1.80. The van der Waals surface area contributed by atoms with Gasteiger partial charge < -0.3 is 15.8 Å². The number of benzene rings is 1. The molecule has 8 heteroatoms. The lowest BCUT2D eigenvalue weighted by atomic mass is 10.3. The van der Waals surface area contributed by atoms with Crippen LogP contribution in [0.4, 0.5) is 5.69 Å². The molecule has 7 nitrogen and oxygen atoms in total. The van der Waals surface area contributed by atoms with E-state index >= 15 is 0 Å². The van der Waals surface area contributed by atoms with Crippen molar-refractivity contribution in [1.29, 1.82) is 0 Å². The summed E-state index contributed by atoms with van der Waals surface area (Å²) in [6.45, 7) is -0.274. The van der Waals surface area contributed by atoms with Crippen LogP contribution in [0, 0.1) is 0 Å². The molecule has 0 aromatic heterocycles. The molecule has 0 atom stereocenters. The van der Waals surface area contributed by atoms with Crippen LogP contribution in [0.15, 0.2) is 23.1 Å². The van der Waals surface area contributed by atoms with E-state index in [0.717, 1.165) is 4.31 Å². The van der Waals surface area contributed by atoms with E-state index in [1.165, 1.54) is 39.4 Å². The summed E-state index contributed by atoms with van der Waals surface area (Å²) < 4.78 is 30.3. The normalized spacial score (nSPS) is 11.4. The first-order valence-electron chi connectivity index (χ1n) is 5.43. The maximum Gasteiger partial charge on any atom is 0.245 e. The number of nitrogen functional groups attached to an aromatic ring is 1. The molecule has 0 spiro atoms. The quantitative estimate of drug-likeness (QED) is 0.720. The fourth-order valence-electron chi connectivity index (χ4n) is 1.42. The number of nitrogens with two attached hydrogens (primary N) is 1. The van der Waals surface area contributed by atoms with Gasteiger partial charge in [0.05, 0.1) is 19.3 Å². The molecule has 0 radical (unpaired) electrons. The number of nitrogens with zero attached hydrogens (tertiary/aromatic N) is 1. The highest BCUT2D eigenvalue weighted by atomic mass is 32.2. The van der Waals surface area contributed by atoms with E-state index in [4.69, 9.17) is 10.5 Å². The van der Waals surface area contributed by atoms with E-state index in [1.807, 2.05) is 0 Å². The minimum absolute atomic E-state index is 0.0558. The van der Waals surface area contributed by atoms with Crippen molar-refractivity contribution in [2.75, 3.05) is 33.5 Å². The molecule has 0 aliphatic carbocycles. The van der Waals surface area contributed by atoms with Crippen LogP contribution in [0.2, 0.25) is 0 Å². The van der Waals surface area contributed by atoms with Gasteiger partial charge in [-0.25, -0.2) is 8.42 Å². The summed E-state index contributed by atoms with van der Waals surface area (Å²) in [6, 6.07) is 4.27. The zero-order valence-electron chi connectivity index (χ0n) is 11.0. The Labute approximate surface area is 112 Å². The summed E-state index contributed by atoms with van der Waals surface area (Å²) in [7, 11) is 0.400. The third-order valence-electron chi connectivity index (χ3n) is 2.55. The Bertz CT molecular complexity index is 571. The Kier molecular flexibility index (Phi) is 4.73. The second-order valence-corrected chi connectivity index (χ2v) is 5.85. The summed E-state index contributed by atoms with van der Waals surface area (Å²) in [5.41, 5.74) is 5.77. The molecule has 1 rings (SSSR count). The van der Waals surface area contributed by atoms with Crippen LogP contribution in [0.25, 0.3) is 0 Å². The second-order valence-electron chi connectivity index (χ2n) is 3.84. The van der Waals surface area contributed by atoms with Gasteiger partial charge in [-0.3, -0.25) is 4.79 Å². The zero-order valence-corrected chi connectivity index (χ0v) is 11.8. The van der Waals surface area contributed by atoms with Gasteiger partial charge in [-0.2, -0.15) is 4.31 Å². The SMILES string of the molecule is CNC(=O)CN(C)S(=O)(=O)c1ccc(OC)cc1N. The van der Waals surface area contributed by atoms with Crippen molar-refractivity contribution in [3.05, 3.63) is 18.2 Å². The highest BCUT2D eigenvalue weighted by Crippen LogP contribution is 2.25. The number of sulfonamides is 1. The zero-order chi connectivity index (χ0) is 14.6. The van der Waals surface area contributed by atoms with Crippen LogP contribution in [0.3, 0.4) is 0 Å². The molecule has 1 aromatic carbocycles. The number of ether oxygens (including phenoxy) is 1. The van der Waals surface area contributed by atoms with E-state index in [-0.39, 0.29) is 17.1 Å². The number of rotatable bonds is 5. The monoisotopic (exact) mass is 287 g/mol. The fourth-order valence-corrected chi connectivity index (χ4v) is 2.64. The molecule has 0 heterocycles. The van der Waals surface area contributed by atoms with E-state index in [0.29, 0.717) is 5.75 Å². The predicted octanol–water partition coefficient (Wildman–Crippen LogP) is -0.356. The lowest BCUT2D eigenvalue weighted by molar-refractivity contribution is -0.120. The summed E-state index contributed by atoms with van der Waals surface area (Å²) in [5, 5.41) is 2.36. The number of methoxy groups -OCH3 is 1. The van der Waals surface area contributed by atoms with Crippen LogP contribution in [-0.4, -0.2) is 46.4 Å². The van der Waals surface area contributed by atoms with Gasteiger partial charge >= 0.3 is 0 Å². The summed E-state index contributed by atoms with van der Waals surface area (Å²) in [5.74, 6) is 0.0589. The van der Waals surface area contributed by atoms with Crippen molar-refractivity contribution in [2.24, 2.45) is 0 Å². The molecule has 0 aliphatic heterocycles. The van der Waals surface area contributed by atoms with Gasteiger partial charge in [0.15, 0.2) is 0 Å². The molecule has 106 valence electrons. The minimum atomic E-state index is -3.81. The lowest BCUT2D eigenvalue weighted by Gasteiger charge is -2.17. The summed E-state index contributed by atoms with van der Waals surface area (Å²) in [4.78, 5) is 11.2. The van der Waals surface area contributed by atoms with Gasteiger partial charge in [0.2, 0.25) is 15.9 Å². The standard InChI is InChI=1S/C11H17N3O4S/c1-13-11(15)7-14(2)19(16,17)10-5-4-8(18-3)6-9(10)12/h4-6H,7,12H2,1-3H3,(H,13,15). The Balaban J connectivity index is 3.09. The average Bonchev–Trinajstić information content (AvgIpc) is 2.37. The number of amides is 1. The van der Waals surface area contributed by atoms with E-state index in [2.05, 4.69) is 5.32 Å². The predicted molar refractivity (Wildman–Crippen MR) is 71.3 cm³/mol. The molecule has 0 aliphatic rings. The number of nitrogens with one attached hydrogen (secondary N) is 1. The van der Waals surface area contributed by atoms with Crippen LogP contribution in [-0.2, 0) is 14.8 Å². The van der Waals surface area contributed by atoms with Crippen molar-refractivity contribution in [3.63, 3.8) is 0 Å². The van der Waals surface area contributed by atoms with Gasteiger partial charge in [-0.1, -0.05) is 0 Å². The Morgan fingerprint density at radius 1 is 1.47 bits per heavy atom. The fraction of sp³-hybridized carbons (Fsp3) is 0.364. The first kappa shape index (κ1) is 15.3. The molecular weight excluding hydrogens is 270 g/mol. The molecule has 1 amide bonds. The molecule has 0 unspecified atom stereocenters. The third kappa shape index (κ3) is 3.36. The van der Waals surface area contributed by atoms with Gasteiger partial charge in [-0.05, 0) is 12.1 Å². The molecule has 1 aromatic rings. The number of hydrogen-bond acceptors (Lipinski definition) is 5. The van der Waals surface area contributed by atoms with Crippen molar-refractivity contribution in [1.82, 2.24) is 9.62 Å². The molecule has 0 bridgehead atoms. The van der Waals surface area contributed by atoms with Crippen LogP contribution in [0.5, 0.6) is 5.75 Å². The first-order chi connectivity index (χ1) is 8.82. The third-order valence-corrected chi connectivity index (χ3v) is 4.43. The summed E-state index contributed by atoms with van der Waals surface area (Å²) in [6.07, 6.45) is 0. The van der Waals surface area contributed by atoms with Crippen molar-refractivity contribution >= 4 is 21.6 Å². The second kappa shape index (κ2) is 5.89. The van der Waals surface area contributed by atoms with Crippen LogP contribution >= 0.6 is 0 Å². The van der Waals surface area contributed by atoms with Gasteiger partial charge in [0.25, 0.3) is 0 Å². The van der Waals surface area contributed by atoms with Crippen molar-refractivity contribution in [3.8, 4) is 5.75 Å². The highest BCUT2D eigenvalue weighted by molar-refractivity contribution is 7.89. The molecule has 0 saturated carbocycles. The molecule has 3 N–H and O–H groups in total. The average molecular weight is 287 g/mol. The van der Waals surface area contributed by atoms with Crippen molar-refractivity contribution in [2.45, 2.75) is 4.90 Å². The highest BCUT2D eigenvalue weighted by Gasteiger charge is 2.25. The number of carbonyl (C=O) groups is 1. The number of hydrogen-bond donors (Lipinski definition) is 2. The topological polar surface area (TPSA) is 102 Å². The minimum Gasteiger partial charge on any atom is -0.497 e. The molecule has 0 saturated heterocycles. The number of likely N-dealkylation sites (N-methyl/N-ethyl adjacent to an activating group) is 2. The van der Waals surface area contributed by atoms with E-state index in [1.54, 1.807) is 0 Å². The molecular formula is C11H17N3O4S. The van der Waals surface area contributed by atoms with Crippen LogP contribution < -0.4 is 15.8 Å². The van der Waals surface area contributed by atoms with Gasteiger partial charge in [0, 0.05) is 20.2 Å². The van der Waals surface area contributed by atoms with E-state index < -0.39 is 15.9 Å². The number of carbonyl (C=O) groups excluding carboxylic acids is 1. The summed E-state index contributed by atoms with van der Waals surface area (Å²) >= 11 is 0. The molecule has 19 heavy (non-hydrogen) atoms. The maximum absolute atomic E-state index is 12.2. The van der Waals surface area contributed by atoms with E-state index in [9.17, 15) is 13.2 Å². The van der Waals surface area contributed by atoms with Crippen molar-refractivity contribution < 1.29 is 17.9 Å². The van der Waals surface area contributed by atoms with Gasteiger partial charge in [-0.15, -0.1) is 0 Å². The lowest BCUT2D eigenvalue weighted by Crippen LogP contribution is -2.37. The smallest absolute Gasteiger partial charge is 0.245 e.